The van der Waals surface area contributed by atoms with Crippen LogP contribution in [0.25, 0.3) is 22.3 Å². The molecule has 3 N–H and O–H groups in total. The summed E-state index contributed by atoms with van der Waals surface area (Å²) in [6.07, 6.45) is 1.71. The van der Waals surface area contributed by atoms with Gasteiger partial charge in [0.1, 0.15) is 13.2 Å². The Bertz CT molecular complexity index is 1350. The van der Waals surface area contributed by atoms with Crippen molar-refractivity contribution in [3.05, 3.63) is 62.9 Å². The highest BCUT2D eigenvalue weighted by molar-refractivity contribution is 6.02. The maximum Gasteiger partial charge on any atom is 0.343 e. The van der Waals surface area contributed by atoms with Crippen LogP contribution in [0.1, 0.15) is 35.6 Å². The molecule has 2 aliphatic heterocycles. The molecule has 9 nitrogen and oxygen atoms in total. The monoisotopic (exact) mass is 470 g/mol. The molecule has 172 valence electrons. The van der Waals surface area contributed by atoms with Crippen LogP contribution in [0.3, 0.4) is 0 Å². The number of nitrogens with two attached hydrogens (primary N) is 1. The average Bonchev–Trinajstić information content (AvgIpc) is 3.17. The number of oxime groups is 1. The van der Waals surface area contributed by atoms with Crippen LogP contribution < -0.4 is 11.3 Å². The lowest BCUT2D eigenvalue weighted by atomic mass is 9.86. The fraction of sp³-hybridized carbons (Fsp3) is 0.304. The first kappa shape index (κ1) is 22.9. The number of hydrogen-bond acceptors (Lipinski definition) is 8. The molecule has 0 spiro atoms. The van der Waals surface area contributed by atoms with Gasteiger partial charge in [0.15, 0.2) is 5.60 Å². The van der Waals surface area contributed by atoms with E-state index in [-0.39, 0.29) is 55.3 Å². The van der Waals surface area contributed by atoms with E-state index >= 15 is 0 Å². The second kappa shape index (κ2) is 8.58. The summed E-state index contributed by atoms with van der Waals surface area (Å²) >= 11 is 0. The summed E-state index contributed by atoms with van der Waals surface area (Å²) in [7, 11) is 0. The number of fused-ring (bicyclic) bond motifs is 5. The molecule has 0 saturated carbocycles. The zero-order valence-electron chi connectivity index (χ0n) is 17.9. The molecule has 0 fully saturated rings. The van der Waals surface area contributed by atoms with Gasteiger partial charge in [-0.05, 0) is 18.6 Å². The minimum absolute atomic E-state index is 0. The molecule has 0 aliphatic carbocycles. The molecule has 2 aliphatic rings. The number of ether oxygens (including phenoxy) is 1. The highest BCUT2D eigenvalue weighted by Gasteiger charge is 2.45. The quantitative estimate of drug-likeness (QED) is 0.197. The first-order valence-corrected chi connectivity index (χ1v) is 10.4. The van der Waals surface area contributed by atoms with Gasteiger partial charge in [-0.2, -0.15) is 0 Å². The van der Waals surface area contributed by atoms with Crippen LogP contribution in [0, 0.1) is 0 Å². The van der Waals surface area contributed by atoms with Gasteiger partial charge < -0.3 is 25.0 Å². The van der Waals surface area contributed by atoms with Gasteiger partial charge in [-0.15, -0.1) is 12.4 Å². The Morgan fingerprint density at radius 1 is 1.33 bits per heavy atom. The van der Waals surface area contributed by atoms with Crippen LogP contribution >= 0.6 is 12.4 Å². The number of para-hydroxylation sites is 1. The molecule has 10 heteroatoms. The minimum Gasteiger partial charge on any atom is -0.458 e. The Morgan fingerprint density at radius 3 is 2.88 bits per heavy atom. The lowest BCUT2D eigenvalue weighted by Gasteiger charge is -2.31. The Hall–Kier alpha value is -3.27. The van der Waals surface area contributed by atoms with E-state index in [9.17, 15) is 14.7 Å². The van der Waals surface area contributed by atoms with Crippen LogP contribution in [-0.2, 0) is 33.1 Å². The molecule has 3 aromatic rings. The van der Waals surface area contributed by atoms with Crippen molar-refractivity contribution in [2.45, 2.75) is 32.1 Å². The van der Waals surface area contributed by atoms with Gasteiger partial charge in [0.2, 0.25) is 0 Å². The predicted octanol–water partition coefficient (Wildman–Crippen LogP) is 1.81. The Labute approximate surface area is 195 Å². The van der Waals surface area contributed by atoms with Crippen LogP contribution in [-0.4, -0.2) is 40.0 Å². The SMILES string of the molecule is CC[C@@]1(O)C(=O)OCc2c1cc1n(c2=O)Cc2c-1nc1ccccc1c2/C=N/OCCN.Cl. The van der Waals surface area contributed by atoms with Crippen molar-refractivity contribution in [2.75, 3.05) is 13.2 Å². The fourth-order valence-electron chi connectivity index (χ4n) is 4.40. The van der Waals surface area contributed by atoms with Gasteiger partial charge in [0.05, 0.1) is 35.2 Å². The smallest absolute Gasteiger partial charge is 0.343 e. The molecule has 1 atom stereocenters. The summed E-state index contributed by atoms with van der Waals surface area (Å²) in [4.78, 5) is 35.7. The van der Waals surface area contributed by atoms with Crippen molar-refractivity contribution in [2.24, 2.45) is 10.9 Å². The third kappa shape index (κ3) is 3.40. The van der Waals surface area contributed by atoms with Crippen molar-refractivity contribution < 1.29 is 19.5 Å². The van der Waals surface area contributed by atoms with Crippen molar-refractivity contribution in [3.8, 4) is 11.4 Å². The standard InChI is InChI=1S/C23H22N4O5.ClH/c1-2-23(30)17-9-19-20-15(11-27(19)21(28)16(17)12-31-22(23)29)14(10-25-32-8-7-24)13-5-3-4-6-18(13)26-20;/h3-6,9-10,30H,2,7-8,11-12,24H2,1H3;1H/b25-10+;/t23-;/m0./s1. The molecule has 0 amide bonds. The second-order valence-electron chi connectivity index (χ2n) is 7.83. The van der Waals surface area contributed by atoms with E-state index in [2.05, 4.69) is 5.16 Å². The zero-order chi connectivity index (χ0) is 22.5. The number of carbonyl (C=O) groups is 1. The molecule has 0 bridgehead atoms. The Morgan fingerprint density at radius 2 is 2.12 bits per heavy atom. The number of carbonyl (C=O) groups excluding carboxylic acids is 1. The summed E-state index contributed by atoms with van der Waals surface area (Å²) in [5.41, 5.74) is 7.38. The van der Waals surface area contributed by atoms with E-state index in [1.54, 1.807) is 23.8 Å². The topological polar surface area (TPSA) is 129 Å². The minimum atomic E-state index is -1.86. The van der Waals surface area contributed by atoms with E-state index in [0.717, 1.165) is 22.0 Å². The molecule has 0 radical (unpaired) electrons. The maximum atomic E-state index is 13.3. The molecule has 33 heavy (non-hydrogen) atoms. The van der Waals surface area contributed by atoms with Crippen LogP contribution in [0.15, 0.2) is 40.3 Å². The molecule has 0 saturated heterocycles. The van der Waals surface area contributed by atoms with E-state index in [0.29, 0.717) is 17.9 Å². The van der Waals surface area contributed by atoms with Crippen molar-refractivity contribution >= 4 is 35.5 Å². The highest BCUT2D eigenvalue weighted by Crippen LogP contribution is 2.39. The first-order chi connectivity index (χ1) is 15.5. The number of cyclic esters (lactones) is 1. The number of nitrogens with zero attached hydrogens (tertiary/aromatic N) is 3. The number of pyridine rings is 2. The normalized spacial score (nSPS) is 18.5. The molecule has 5 rings (SSSR count). The summed E-state index contributed by atoms with van der Waals surface area (Å²) in [5, 5.41) is 15.9. The molecule has 2 aromatic heterocycles. The number of aromatic nitrogens is 2. The largest absolute Gasteiger partial charge is 0.458 e. The van der Waals surface area contributed by atoms with E-state index < -0.39 is 11.6 Å². The van der Waals surface area contributed by atoms with Crippen molar-refractivity contribution in [1.82, 2.24) is 9.55 Å². The van der Waals surface area contributed by atoms with Crippen LogP contribution in [0.2, 0.25) is 0 Å². The average molecular weight is 471 g/mol. The van der Waals surface area contributed by atoms with Gasteiger partial charge >= 0.3 is 5.97 Å². The van der Waals surface area contributed by atoms with Gasteiger partial charge in [0, 0.05) is 28.6 Å². The van der Waals surface area contributed by atoms with Gasteiger partial charge in [0.25, 0.3) is 5.56 Å². The second-order valence-corrected chi connectivity index (χ2v) is 7.83. The number of rotatable bonds is 5. The number of hydrogen-bond donors (Lipinski definition) is 2. The van der Waals surface area contributed by atoms with Crippen LogP contribution in [0.5, 0.6) is 0 Å². The molecule has 4 heterocycles. The number of esters is 1. The van der Waals surface area contributed by atoms with Gasteiger partial charge in [-0.1, -0.05) is 30.3 Å². The fourth-order valence-corrected chi connectivity index (χ4v) is 4.40. The van der Waals surface area contributed by atoms with Gasteiger partial charge in [-0.25, -0.2) is 9.78 Å². The molecular formula is C23H23ClN4O5. The van der Waals surface area contributed by atoms with Crippen LogP contribution in [0.4, 0.5) is 0 Å². The number of halogens is 1. The lowest BCUT2D eigenvalue weighted by molar-refractivity contribution is -0.172. The van der Waals surface area contributed by atoms with E-state index in [4.69, 9.17) is 20.3 Å². The van der Waals surface area contributed by atoms with Gasteiger partial charge in [-0.3, -0.25) is 4.79 Å². The van der Waals surface area contributed by atoms with E-state index in [1.807, 2.05) is 24.3 Å². The number of aliphatic hydroxyl groups is 1. The zero-order valence-corrected chi connectivity index (χ0v) is 18.7. The summed E-state index contributed by atoms with van der Waals surface area (Å²) in [6.45, 7) is 2.43. The van der Waals surface area contributed by atoms with Crippen molar-refractivity contribution in [3.63, 3.8) is 0 Å². The molecular weight excluding hydrogens is 448 g/mol. The molecule has 0 unspecified atom stereocenters. The maximum absolute atomic E-state index is 13.3. The Kier molecular flexibility index (Phi) is 5.96. The lowest BCUT2D eigenvalue weighted by Crippen LogP contribution is -2.44. The molecule has 1 aromatic carbocycles. The third-order valence-corrected chi connectivity index (χ3v) is 6.10. The predicted molar refractivity (Wildman–Crippen MR) is 124 cm³/mol. The third-order valence-electron chi connectivity index (χ3n) is 6.10. The summed E-state index contributed by atoms with van der Waals surface area (Å²) in [5.74, 6) is -0.744. The number of benzene rings is 1. The summed E-state index contributed by atoms with van der Waals surface area (Å²) < 4.78 is 6.73. The van der Waals surface area contributed by atoms with Crippen molar-refractivity contribution in [1.29, 1.82) is 0 Å². The van der Waals surface area contributed by atoms with E-state index in [1.165, 1.54) is 0 Å². The highest BCUT2D eigenvalue weighted by atomic mass is 35.5. The first-order valence-electron chi connectivity index (χ1n) is 10.4. The summed E-state index contributed by atoms with van der Waals surface area (Å²) in [6, 6.07) is 9.30. The Balaban J connectivity index is 0.00000259.